The fourth-order valence-corrected chi connectivity index (χ4v) is 4.09. The van der Waals surface area contributed by atoms with Gasteiger partial charge in [0.2, 0.25) is 5.91 Å². The molecule has 0 aliphatic carbocycles. The van der Waals surface area contributed by atoms with Gasteiger partial charge in [-0.1, -0.05) is 18.2 Å². The third-order valence-electron chi connectivity index (χ3n) is 4.65. The molecule has 2 N–H and O–H groups in total. The van der Waals surface area contributed by atoms with E-state index in [0.717, 1.165) is 62.2 Å². The Morgan fingerprint density at radius 2 is 2.19 bits per heavy atom. The third-order valence-corrected chi connectivity index (χ3v) is 5.78. The molecule has 0 bridgehead atoms. The Labute approximate surface area is 160 Å². The largest absolute Gasteiger partial charge is 0.492 e. The van der Waals surface area contributed by atoms with E-state index in [0.29, 0.717) is 19.6 Å². The molecule has 2 aliphatic heterocycles. The summed E-state index contributed by atoms with van der Waals surface area (Å²) in [6.45, 7) is 6.58. The third kappa shape index (κ3) is 6.46. The van der Waals surface area contributed by atoms with Crippen molar-refractivity contribution in [2.75, 3.05) is 57.5 Å². The number of nitrogens with zero attached hydrogens (tertiary/aromatic N) is 1. The van der Waals surface area contributed by atoms with Crippen LogP contribution in [0.1, 0.15) is 12.0 Å². The molecule has 6 nitrogen and oxygen atoms in total. The van der Waals surface area contributed by atoms with Crippen LogP contribution < -0.4 is 15.4 Å². The summed E-state index contributed by atoms with van der Waals surface area (Å²) in [6.07, 6.45) is 0.535. The van der Waals surface area contributed by atoms with Crippen molar-refractivity contribution >= 4 is 17.7 Å². The summed E-state index contributed by atoms with van der Waals surface area (Å²) in [4.78, 5) is 14.5. The number of carbonyl (C=O) groups is 1. The van der Waals surface area contributed by atoms with E-state index < -0.39 is 0 Å². The van der Waals surface area contributed by atoms with Crippen molar-refractivity contribution < 1.29 is 14.3 Å². The van der Waals surface area contributed by atoms with E-state index in [1.54, 1.807) is 0 Å². The molecule has 0 aromatic heterocycles. The lowest BCUT2D eigenvalue weighted by Crippen LogP contribution is -2.41. The van der Waals surface area contributed by atoms with Crippen molar-refractivity contribution in [3.8, 4) is 5.75 Å². The Bertz CT molecular complexity index is 561. The van der Waals surface area contributed by atoms with Gasteiger partial charge in [0, 0.05) is 62.3 Å². The molecule has 0 spiro atoms. The normalized spacial score (nSPS) is 21.3. The minimum Gasteiger partial charge on any atom is -0.492 e. The van der Waals surface area contributed by atoms with E-state index in [9.17, 15) is 4.79 Å². The zero-order valence-corrected chi connectivity index (χ0v) is 16.1. The molecule has 26 heavy (non-hydrogen) atoms. The van der Waals surface area contributed by atoms with Crippen LogP contribution in [0.4, 0.5) is 0 Å². The van der Waals surface area contributed by atoms with Crippen molar-refractivity contribution in [2.24, 2.45) is 0 Å². The van der Waals surface area contributed by atoms with Crippen molar-refractivity contribution in [3.05, 3.63) is 29.8 Å². The van der Waals surface area contributed by atoms with Crippen molar-refractivity contribution in [2.45, 2.75) is 19.0 Å². The van der Waals surface area contributed by atoms with Crippen molar-refractivity contribution in [1.29, 1.82) is 0 Å². The monoisotopic (exact) mass is 379 g/mol. The summed E-state index contributed by atoms with van der Waals surface area (Å²) < 4.78 is 11.3. The highest BCUT2D eigenvalue weighted by Crippen LogP contribution is 2.18. The highest BCUT2D eigenvalue weighted by atomic mass is 32.2. The quantitative estimate of drug-likeness (QED) is 0.706. The van der Waals surface area contributed by atoms with Crippen LogP contribution in [0, 0.1) is 0 Å². The second kappa shape index (κ2) is 10.8. The maximum atomic E-state index is 12.2. The average Bonchev–Trinajstić information content (AvgIpc) is 2.69. The van der Waals surface area contributed by atoms with Crippen LogP contribution in [0.3, 0.4) is 0 Å². The van der Waals surface area contributed by atoms with Gasteiger partial charge in [0.25, 0.3) is 0 Å². The molecule has 2 saturated heterocycles. The molecule has 1 aromatic rings. The summed E-state index contributed by atoms with van der Waals surface area (Å²) in [5.41, 5.74) is 1.02. The number of benzene rings is 1. The Kier molecular flexibility index (Phi) is 8.07. The summed E-state index contributed by atoms with van der Waals surface area (Å²) in [6, 6.07) is 8.22. The zero-order chi connectivity index (χ0) is 18.0. The minimum absolute atomic E-state index is 0.0909. The van der Waals surface area contributed by atoms with Crippen LogP contribution in [0.15, 0.2) is 24.3 Å². The molecule has 2 heterocycles. The molecule has 3 rings (SSSR count). The zero-order valence-electron chi connectivity index (χ0n) is 15.2. The summed E-state index contributed by atoms with van der Waals surface area (Å²) >= 11 is 1.91. The SMILES string of the molecule is O=C(CC1CSCCN1)NCc1ccccc1OCCN1CCOCC1. The highest BCUT2D eigenvalue weighted by Gasteiger charge is 2.17. The number of carbonyl (C=O) groups excluding carboxylic acids is 1. The molecular formula is C19H29N3O3S. The number of amides is 1. The van der Waals surface area contributed by atoms with E-state index in [2.05, 4.69) is 15.5 Å². The second-order valence-corrected chi connectivity index (χ2v) is 7.77. The number of ether oxygens (including phenoxy) is 2. The van der Waals surface area contributed by atoms with Gasteiger partial charge >= 0.3 is 0 Å². The first-order valence-electron chi connectivity index (χ1n) is 9.40. The molecular weight excluding hydrogens is 350 g/mol. The molecule has 0 radical (unpaired) electrons. The van der Waals surface area contributed by atoms with Crippen LogP contribution in [0.5, 0.6) is 5.75 Å². The van der Waals surface area contributed by atoms with Crippen LogP contribution in [-0.2, 0) is 16.1 Å². The van der Waals surface area contributed by atoms with Gasteiger partial charge in [0.15, 0.2) is 0 Å². The van der Waals surface area contributed by atoms with E-state index >= 15 is 0 Å². The first-order valence-corrected chi connectivity index (χ1v) is 10.6. The lowest BCUT2D eigenvalue weighted by molar-refractivity contribution is -0.121. The van der Waals surface area contributed by atoms with Crippen molar-refractivity contribution in [3.63, 3.8) is 0 Å². The van der Waals surface area contributed by atoms with Crippen molar-refractivity contribution in [1.82, 2.24) is 15.5 Å². The van der Waals surface area contributed by atoms with Gasteiger partial charge in [-0.3, -0.25) is 9.69 Å². The molecule has 2 fully saturated rings. The van der Waals surface area contributed by atoms with Gasteiger partial charge in [-0.05, 0) is 6.07 Å². The van der Waals surface area contributed by atoms with Gasteiger partial charge in [-0.25, -0.2) is 0 Å². The lowest BCUT2D eigenvalue weighted by atomic mass is 10.2. The Morgan fingerprint density at radius 3 is 3.00 bits per heavy atom. The Balaban J connectivity index is 1.41. The van der Waals surface area contributed by atoms with Gasteiger partial charge < -0.3 is 20.1 Å². The van der Waals surface area contributed by atoms with Gasteiger partial charge in [0.05, 0.1) is 13.2 Å². The highest BCUT2D eigenvalue weighted by molar-refractivity contribution is 7.99. The summed E-state index contributed by atoms with van der Waals surface area (Å²) in [5.74, 6) is 3.09. The van der Waals surface area contributed by atoms with E-state index in [-0.39, 0.29) is 11.9 Å². The summed E-state index contributed by atoms with van der Waals surface area (Å²) in [5, 5.41) is 6.43. The Hall–Kier alpha value is -1.28. The predicted molar refractivity (Wildman–Crippen MR) is 105 cm³/mol. The number of rotatable bonds is 8. The number of para-hydroxylation sites is 1. The standard InChI is InChI=1S/C19H29N3O3S/c23-19(13-17-15-26-12-5-20-17)21-14-16-3-1-2-4-18(16)25-11-8-22-6-9-24-10-7-22/h1-4,17,20H,5-15H2,(H,21,23). The predicted octanol–water partition coefficient (Wildman–Crippen LogP) is 1.11. The molecule has 144 valence electrons. The summed E-state index contributed by atoms with van der Waals surface area (Å²) in [7, 11) is 0. The van der Waals surface area contributed by atoms with Gasteiger partial charge in [-0.2, -0.15) is 11.8 Å². The molecule has 2 aliphatic rings. The molecule has 0 saturated carbocycles. The molecule has 1 aromatic carbocycles. The fourth-order valence-electron chi connectivity index (χ4n) is 3.14. The number of hydrogen-bond donors (Lipinski definition) is 2. The molecule has 1 unspecified atom stereocenters. The van der Waals surface area contributed by atoms with Gasteiger partial charge in [-0.15, -0.1) is 0 Å². The first-order chi connectivity index (χ1) is 12.8. The molecule has 1 amide bonds. The van der Waals surface area contributed by atoms with Crippen LogP contribution >= 0.6 is 11.8 Å². The van der Waals surface area contributed by atoms with E-state index in [4.69, 9.17) is 9.47 Å². The lowest BCUT2D eigenvalue weighted by Gasteiger charge is -2.26. The van der Waals surface area contributed by atoms with E-state index in [1.165, 1.54) is 0 Å². The number of nitrogens with one attached hydrogen (secondary N) is 2. The number of thioether (sulfide) groups is 1. The van der Waals surface area contributed by atoms with Crippen LogP contribution in [0.2, 0.25) is 0 Å². The fraction of sp³-hybridized carbons (Fsp3) is 0.632. The smallest absolute Gasteiger partial charge is 0.221 e. The maximum Gasteiger partial charge on any atom is 0.221 e. The van der Waals surface area contributed by atoms with Crippen LogP contribution in [0.25, 0.3) is 0 Å². The van der Waals surface area contributed by atoms with E-state index in [1.807, 2.05) is 36.0 Å². The average molecular weight is 380 g/mol. The maximum absolute atomic E-state index is 12.2. The van der Waals surface area contributed by atoms with Crippen LogP contribution in [-0.4, -0.2) is 74.4 Å². The Morgan fingerprint density at radius 1 is 1.35 bits per heavy atom. The topological polar surface area (TPSA) is 62.8 Å². The molecule has 1 atom stereocenters. The number of morpholine rings is 1. The number of hydrogen-bond acceptors (Lipinski definition) is 6. The molecule has 7 heteroatoms. The van der Waals surface area contributed by atoms with Gasteiger partial charge in [0.1, 0.15) is 12.4 Å². The first kappa shape index (κ1) is 19.5. The second-order valence-electron chi connectivity index (χ2n) is 6.62. The minimum atomic E-state index is 0.0909.